The number of amides is 3. The summed E-state index contributed by atoms with van der Waals surface area (Å²) in [6, 6.07) is -1.39. The summed E-state index contributed by atoms with van der Waals surface area (Å²) >= 11 is 0.978. The predicted octanol–water partition coefficient (Wildman–Crippen LogP) is 0.349. The van der Waals surface area contributed by atoms with E-state index >= 15 is 0 Å². The molecule has 0 aliphatic carbocycles. The highest BCUT2D eigenvalue weighted by Gasteiger charge is 2.42. The summed E-state index contributed by atoms with van der Waals surface area (Å²) in [5.41, 5.74) is -2.91. The number of carbonyl (C=O) groups excluding carboxylic acids is 3. The van der Waals surface area contributed by atoms with E-state index < -0.39 is 52.9 Å². The molecule has 0 bridgehead atoms. The molecule has 3 amide bonds. The summed E-state index contributed by atoms with van der Waals surface area (Å²) in [7, 11) is 0. The Hall–Kier alpha value is -4.08. The highest BCUT2D eigenvalue weighted by molar-refractivity contribution is 7.14. The molecule has 0 unspecified atom stereocenters. The summed E-state index contributed by atoms with van der Waals surface area (Å²) in [4.78, 5) is 58.0. The number of hydrogen-bond donors (Lipinski definition) is 4. The minimum atomic E-state index is -1.76. The number of aliphatic carboxylic acids is 1. The molecule has 3 heterocycles. The van der Waals surface area contributed by atoms with Crippen molar-refractivity contribution < 1.29 is 33.9 Å². The van der Waals surface area contributed by atoms with E-state index in [0.717, 1.165) is 11.3 Å². The number of carbonyl (C=O) groups is 4. The van der Waals surface area contributed by atoms with Gasteiger partial charge in [-0.3, -0.25) is 19.6 Å². The van der Waals surface area contributed by atoms with Gasteiger partial charge in [-0.25, -0.2) is 14.6 Å². The van der Waals surface area contributed by atoms with Crippen LogP contribution in [0.5, 0.6) is 0 Å². The third-order valence-electron chi connectivity index (χ3n) is 4.60. The molecule has 0 spiro atoms. The molecular formula is C20H26N8O7S. The van der Waals surface area contributed by atoms with Crippen LogP contribution in [0.25, 0.3) is 0 Å². The normalized spacial score (nSPS) is 18.0. The number of carboxylic acid groups (broad SMARTS) is 1. The first-order valence-electron chi connectivity index (χ1n) is 10.7. The van der Waals surface area contributed by atoms with E-state index in [4.69, 9.17) is 9.57 Å². The van der Waals surface area contributed by atoms with Crippen LogP contribution in [0, 0.1) is 0 Å². The first-order valence-corrected chi connectivity index (χ1v) is 11.5. The van der Waals surface area contributed by atoms with Crippen molar-refractivity contribution in [3.63, 3.8) is 0 Å². The van der Waals surface area contributed by atoms with E-state index in [0.29, 0.717) is 0 Å². The Morgan fingerprint density at radius 2 is 2.00 bits per heavy atom. The number of ether oxygens (including phenoxy) is 1. The summed E-state index contributed by atoms with van der Waals surface area (Å²) in [5.74, 6) is -2.58. The van der Waals surface area contributed by atoms with Crippen LogP contribution in [0.1, 0.15) is 40.3 Å². The lowest BCUT2D eigenvalue weighted by atomic mass is 9.98. The number of nitrogens with one attached hydrogen (secondary N) is 3. The fourth-order valence-corrected chi connectivity index (χ4v) is 3.42. The second kappa shape index (κ2) is 10.3. The number of nitrogens with zero attached hydrogens (tertiary/aromatic N) is 5. The molecule has 15 nitrogen and oxygen atoms in total. The first-order chi connectivity index (χ1) is 16.7. The molecule has 4 N–H and O–H groups in total. The molecule has 0 saturated carbocycles. The van der Waals surface area contributed by atoms with Crippen molar-refractivity contribution in [2.75, 3.05) is 5.32 Å². The van der Waals surface area contributed by atoms with Gasteiger partial charge < -0.3 is 25.3 Å². The second-order valence-electron chi connectivity index (χ2n) is 9.20. The van der Waals surface area contributed by atoms with E-state index in [1.165, 1.54) is 30.1 Å². The number of thiazole rings is 1. The largest absolute Gasteiger partial charge is 0.478 e. The second-order valence-corrected chi connectivity index (χ2v) is 10.1. The molecule has 1 aliphatic heterocycles. The Balaban J connectivity index is 1.79. The van der Waals surface area contributed by atoms with Gasteiger partial charge in [0.05, 0.1) is 18.8 Å². The number of aromatic nitrogens is 4. The number of carboxylic acids is 1. The van der Waals surface area contributed by atoms with E-state index in [-0.39, 0.29) is 17.4 Å². The number of β-lactam (4-membered cyclic amide) rings is 1. The Morgan fingerprint density at radius 3 is 2.58 bits per heavy atom. The third-order valence-corrected chi connectivity index (χ3v) is 5.36. The molecule has 2 atom stereocenters. The highest BCUT2D eigenvalue weighted by Crippen LogP contribution is 2.20. The van der Waals surface area contributed by atoms with Crippen LogP contribution in [0.3, 0.4) is 0 Å². The number of anilines is 1. The maximum atomic E-state index is 13.1. The number of rotatable bonds is 9. The standard InChI is InChI=1S/C20H26N8O7S/c1-19(2,3)34-18(33)25-17-23-11(9-36-17)13(26-35-20(4,5)16(31)32)15(30)24-12-10(22-14(12)29)8-28-7-6-21-27-28/h6-7,9-10,12H,8H2,1-5H3,(H,22,29)(H,24,30)(H,31,32)(H,23,25,33)/b26-13-/t10-,12+/m1/s1. The molecule has 194 valence electrons. The van der Waals surface area contributed by atoms with E-state index in [2.05, 4.69) is 36.4 Å². The van der Waals surface area contributed by atoms with Crippen LogP contribution >= 0.6 is 11.3 Å². The lowest BCUT2D eigenvalue weighted by Gasteiger charge is -2.36. The zero-order valence-electron chi connectivity index (χ0n) is 20.1. The van der Waals surface area contributed by atoms with Gasteiger partial charge in [-0.2, -0.15) is 0 Å². The van der Waals surface area contributed by atoms with Crippen LogP contribution in [0.15, 0.2) is 22.9 Å². The van der Waals surface area contributed by atoms with Gasteiger partial charge in [-0.05, 0) is 34.6 Å². The predicted molar refractivity (Wildman–Crippen MR) is 125 cm³/mol. The van der Waals surface area contributed by atoms with Crippen molar-refractivity contribution in [3.05, 3.63) is 23.5 Å². The Labute approximate surface area is 209 Å². The average Bonchev–Trinajstić information content (AvgIpc) is 3.43. The lowest BCUT2D eigenvalue weighted by Crippen LogP contribution is -2.70. The maximum absolute atomic E-state index is 13.1. The van der Waals surface area contributed by atoms with Crippen LogP contribution in [0.4, 0.5) is 9.93 Å². The molecule has 3 rings (SSSR count). The van der Waals surface area contributed by atoms with Crippen molar-refractivity contribution in [2.45, 2.75) is 64.4 Å². The minimum Gasteiger partial charge on any atom is -0.478 e. The van der Waals surface area contributed by atoms with Gasteiger partial charge in [0.25, 0.3) is 5.91 Å². The van der Waals surface area contributed by atoms with Gasteiger partial charge in [-0.1, -0.05) is 10.4 Å². The summed E-state index contributed by atoms with van der Waals surface area (Å²) < 4.78 is 6.67. The summed E-state index contributed by atoms with van der Waals surface area (Å²) in [6.45, 7) is 7.85. The van der Waals surface area contributed by atoms with Gasteiger partial charge in [-0.15, -0.1) is 16.4 Å². The van der Waals surface area contributed by atoms with Crippen molar-refractivity contribution >= 4 is 46.1 Å². The third kappa shape index (κ3) is 6.74. The summed E-state index contributed by atoms with van der Waals surface area (Å²) in [6.07, 6.45) is 2.33. The Kier molecular flexibility index (Phi) is 7.57. The minimum absolute atomic E-state index is 0.0164. The SMILES string of the molecule is CC(C)(C)OC(=O)Nc1nc(/C(=N/OC(C)(C)C(=O)O)C(=O)N[C@@H]2C(=O)N[C@@H]2Cn2ccnn2)cs1. The average molecular weight is 523 g/mol. The lowest BCUT2D eigenvalue weighted by molar-refractivity contribution is -0.161. The molecule has 1 fully saturated rings. The van der Waals surface area contributed by atoms with E-state index in [1.54, 1.807) is 27.0 Å². The molecule has 1 saturated heterocycles. The van der Waals surface area contributed by atoms with Crippen molar-refractivity contribution in [1.29, 1.82) is 0 Å². The van der Waals surface area contributed by atoms with E-state index in [1.807, 2.05) is 0 Å². The van der Waals surface area contributed by atoms with Gasteiger partial charge >= 0.3 is 12.1 Å². The van der Waals surface area contributed by atoms with Gasteiger partial charge in [0.15, 0.2) is 10.8 Å². The molecule has 0 radical (unpaired) electrons. The van der Waals surface area contributed by atoms with Crippen LogP contribution in [-0.4, -0.2) is 78.0 Å². The van der Waals surface area contributed by atoms with Gasteiger partial charge in [0, 0.05) is 11.6 Å². The zero-order valence-corrected chi connectivity index (χ0v) is 21.0. The topological polar surface area (TPSA) is 199 Å². The van der Waals surface area contributed by atoms with Crippen LogP contribution in [0.2, 0.25) is 0 Å². The van der Waals surface area contributed by atoms with Crippen molar-refractivity contribution in [3.8, 4) is 0 Å². The molecule has 2 aromatic heterocycles. The molecule has 16 heteroatoms. The summed E-state index contributed by atoms with van der Waals surface area (Å²) in [5, 5.41) is 29.8. The Bertz CT molecular complexity index is 1170. The first kappa shape index (κ1) is 26.5. The fraction of sp³-hybridized carbons (Fsp3) is 0.500. The molecule has 36 heavy (non-hydrogen) atoms. The maximum Gasteiger partial charge on any atom is 0.413 e. The monoisotopic (exact) mass is 522 g/mol. The van der Waals surface area contributed by atoms with Crippen LogP contribution < -0.4 is 16.0 Å². The van der Waals surface area contributed by atoms with Crippen LogP contribution in [-0.2, 0) is 30.5 Å². The fourth-order valence-electron chi connectivity index (χ4n) is 2.73. The Morgan fingerprint density at radius 1 is 1.28 bits per heavy atom. The number of hydrogen-bond acceptors (Lipinski definition) is 11. The smallest absolute Gasteiger partial charge is 0.413 e. The molecular weight excluding hydrogens is 496 g/mol. The zero-order chi connectivity index (χ0) is 26.7. The van der Waals surface area contributed by atoms with Crippen molar-refractivity contribution in [1.82, 2.24) is 30.6 Å². The molecule has 1 aliphatic rings. The van der Waals surface area contributed by atoms with Crippen molar-refractivity contribution in [2.24, 2.45) is 5.16 Å². The van der Waals surface area contributed by atoms with E-state index in [9.17, 15) is 24.3 Å². The van der Waals surface area contributed by atoms with Gasteiger partial charge in [0.2, 0.25) is 11.5 Å². The molecule has 0 aromatic carbocycles. The number of oxime groups is 1. The molecule has 2 aromatic rings. The van der Waals surface area contributed by atoms with Gasteiger partial charge in [0.1, 0.15) is 17.3 Å². The quantitative estimate of drug-likeness (QED) is 0.202. The highest BCUT2D eigenvalue weighted by atomic mass is 32.1.